The van der Waals surface area contributed by atoms with Gasteiger partial charge in [-0.05, 0) is 45.9 Å². The maximum atomic E-state index is 12.4. The van der Waals surface area contributed by atoms with Crippen LogP contribution in [0, 0.1) is 0 Å². The lowest BCUT2D eigenvalue weighted by atomic mass is 10.2. The molecule has 0 spiro atoms. The van der Waals surface area contributed by atoms with Gasteiger partial charge >= 0.3 is 5.97 Å². The van der Waals surface area contributed by atoms with E-state index in [4.69, 9.17) is 14.2 Å². The second-order valence-corrected chi connectivity index (χ2v) is 6.09. The molecule has 1 atom stereocenters. The third kappa shape index (κ3) is 4.99. The first-order chi connectivity index (χ1) is 12.9. The van der Waals surface area contributed by atoms with Gasteiger partial charge in [0, 0.05) is 12.1 Å². The number of carbonyl (C=O) groups excluding carboxylic acids is 2. The molecule has 0 aliphatic heterocycles. The minimum absolute atomic E-state index is 0.0875. The maximum absolute atomic E-state index is 12.4. The molecule has 146 valence electrons. The van der Waals surface area contributed by atoms with Gasteiger partial charge in [0.25, 0.3) is 5.91 Å². The van der Waals surface area contributed by atoms with Gasteiger partial charge in [0.15, 0.2) is 17.6 Å². The zero-order valence-electron chi connectivity index (χ0n) is 16.2. The Morgan fingerprint density at radius 2 is 1.93 bits per heavy atom. The van der Waals surface area contributed by atoms with Crippen molar-refractivity contribution in [1.82, 2.24) is 9.78 Å². The van der Waals surface area contributed by atoms with Crippen LogP contribution in [-0.2, 0) is 9.53 Å². The van der Waals surface area contributed by atoms with Crippen molar-refractivity contribution in [3.63, 3.8) is 0 Å². The van der Waals surface area contributed by atoms with Crippen LogP contribution in [0.1, 0.15) is 44.1 Å². The van der Waals surface area contributed by atoms with Crippen molar-refractivity contribution in [3.05, 3.63) is 36.0 Å². The first kappa shape index (κ1) is 20.3. The van der Waals surface area contributed by atoms with Gasteiger partial charge in [-0.25, -0.2) is 9.48 Å². The van der Waals surface area contributed by atoms with Crippen LogP contribution in [0.5, 0.6) is 11.5 Å². The number of hydrogen-bond acceptors (Lipinski definition) is 6. The molecule has 0 bridgehead atoms. The van der Waals surface area contributed by atoms with Gasteiger partial charge in [0.1, 0.15) is 5.82 Å². The van der Waals surface area contributed by atoms with Gasteiger partial charge < -0.3 is 19.5 Å². The molecule has 0 saturated carbocycles. The highest BCUT2D eigenvalue weighted by molar-refractivity contribution is 5.97. The number of carbonyl (C=O) groups is 2. The van der Waals surface area contributed by atoms with Crippen LogP contribution >= 0.6 is 0 Å². The fraction of sp³-hybridized carbons (Fsp3) is 0.421. The summed E-state index contributed by atoms with van der Waals surface area (Å²) in [6.07, 6.45) is 0.615. The quantitative estimate of drug-likeness (QED) is 0.713. The summed E-state index contributed by atoms with van der Waals surface area (Å²) < 4.78 is 17.6. The predicted molar refractivity (Wildman–Crippen MR) is 100 cm³/mol. The molecule has 0 aliphatic rings. The number of anilines is 1. The highest BCUT2D eigenvalue weighted by atomic mass is 16.5. The molecule has 0 saturated heterocycles. The maximum Gasteiger partial charge on any atom is 0.339 e. The SMILES string of the molecule is CCOc1ccc(C(=O)O[C@H](C)C(=O)Nc2ccnn2C(C)C)cc1OC. The fourth-order valence-corrected chi connectivity index (χ4v) is 2.40. The van der Waals surface area contributed by atoms with E-state index in [2.05, 4.69) is 10.4 Å². The van der Waals surface area contributed by atoms with E-state index in [0.29, 0.717) is 23.9 Å². The van der Waals surface area contributed by atoms with E-state index in [1.807, 2.05) is 20.8 Å². The van der Waals surface area contributed by atoms with E-state index in [1.165, 1.54) is 20.1 Å². The van der Waals surface area contributed by atoms with Crippen LogP contribution in [0.4, 0.5) is 5.82 Å². The van der Waals surface area contributed by atoms with E-state index < -0.39 is 18.0 Å². The number of aromatic nitrogens is 2. The summed E-state index contributed by atoms with van der Waals surface area (Å²) in [4.78, 5) is 24.7. The molecule has 8 heteroatoms. The number of benzene rings is 1. The minimum Gasteiger partial charge on any atom is -0.493 e. The molecule has 2 rings (SSSR count). The van der Waals surface area contributed by atoms with Gasteiger partial charge in [-0.3, -0.25) is 4.79 Å². The second-order valence-electron chi connectivity index (χ2n) is 6.09. The lowest BCUT2D eigenvalue weighted by Gasteiger charge is -2.16. The third-order valence-electron chi connectivity index (χ3n) is 3.76. The minimum atomic E-state index is -0.981. The zero-order chi connectivity index (χ0) is 20.0. The summed E-state index contributed by atoms with van der Waals surface area (Å²) in [7, 11) is 1.49. The summed E-state index contributed by atoms with van der Waals surface area (Å²) in [6.45, 7) is 7.74. The summed E-state index contributed by atoms with van der Waals surface area (Å²) >= 11 is 0. The van der Waals surface area contributed by atoms with Crippen LogP contribution < -0.4 is 14.8 Å². The normalized spacial score (nSPS) is 11.8. The van der Waals surface area contributed by atoms with Crippen LogP contribution in [0.2, 0.25) is 0 Å². The summed E-state index contributed by atoms with van der Waals surface area (Å²) in [5, 5.41) is 6.86. The van der Waals surface area contributed by atoms with Crippen LogP contribution in [0.25, 0.3) is 0 Å². The average molecular weight is 375 g/mol. The van der Waals surface area contributed by atoms with Gasteiger partial charge in [-0.2, -0.15) is 5.10 Å². The van der Waals surface area contributed by atoms with Crippen molar-refractivity contribution in [2.75, 3.05) is 19.0 Å². The number of hydrogen-bond donors (Lipinski definition) is 1. The number of amides is 1. The first-order valence-corrected chi connectivity index (χ1v) is 8.73. The van der Waals surface area contributed by atoms with Crippen LogP contribution in [-0.4, -0.2) is 41.5 Å². The third-order valence-corrected chi connectivity index (χ3v) is 3.76. The van der Waals surface area contributed by atoms with E-state index in [1.54, 1.807) is 29.1 Å². The Balaban J connectivity index is 2.04. The number of methoxy groups -OCH3 is 1. The van der Waals surface area contributed by atoms with Gasteiger partial charge in [0.05, 0.1) is 25.5 Å². The van der Waals surface area contributed by atoms with E-state index in [9.17, 15) is 9.59 Å². The first-order valence-electron chi connectivity index (χ1n) is 8.73. The van der Waals surface area contributed by atoms with Crippen molar-refractivity contribution in [2.24, 2.45) is 0 Å². The number of nitrogens with zero attached hydrogens (tertiary/aromatic N) is 2. The molecule has 1 heterocycles. The molecule has 1 aromatic carbocycles. The molecule has 0 unspecified atom stereocenters. The standard InChI is InChI=1S/C19H25N3O5/c1-6-26-15-8-7-14(11-16(15)25-5)19(24)27-13(4)18(23)21-17-9-10-20-22(17)12(2)3/h7-13H,6H2,1-5H3,(H,21,23)/t13-/m1/s1. The van der Waals surface area contributed by atoms with E-state index in [0.717, 1.165) is 0 Å². The topological polar surface area (TPSA) is 91.7 Å². The number of rotatable bonds is 8. The number of ether oxygens (including phenoxy) is 3. The monoisotopic (exact) mass is 375 g/mol. The lowest BCUT2D eigenvalue weighted by molar-refractivity contribution is -0.123. The highest BCUT2D eigenvalue weighted by Gasteiger charge is 2.21. The Morgan fingerprint density at radius 3 is 2.56 bits per heavy atom. The predicted octanol–water partition coefficient (Wildman–Crippen LogP) is 3.06. The van der Waals surface area contributed by atoms with E-state index >= 15 is 0 Å². The smallest absolute Gasteiger partial charge is 0.339 e. The molecule has 2 aromatic rings. The highest BCUT2D eigenvalue weighted by Crippen LogP contribution is 2.28. The van der Waals surface area contributed by atoms with Gasteiger partial charge in [-0.1, -0.05) is 0 Å². The van der Waals surface area contributed by atoms with E-state index in [-0.39, 0.29) is 11.6 Å². The molecule has 0 radical (unpaired) electrons. The number of esters is 1. The fourth-order valence-electron chi connectivity index (χ4n) is 2.40. The Hall–Kier alpha value is -3.03. The number of nitrogens with one attached hydrogen (secondary N) is 1. The van der Waals surface area contributed by atoms with Crippen molar-refractivity contribution in [2.45, 2.75) is 39.8 Å². The second kappa shape index (κ2) is 9.07. The van der Waals surface area contributed by atoms with Gasteiger partial charge in [-0.15, -0.1) is 0 Å². The summed E-state index contributed by atoms with van der Waals surface area (Å²) in [5.74, 6) is 0.425. The van der Waals surface area contributed by atoms with Crippen molar-refractivity contribution in [1.29, 1.82) is 0 Å². The molecule has 1 N–H and O–H groups in total. The van der Waals surface area contributed by atoms with Crippen molar-refractivity contribution >= 4 is 17.7 Å². The molecule has 0 aliphatic carbocycles. The molecule has 1 amide bonds. The molecular weight excluding hydrogens is 350 g/mol. The Morgan fingerprint density at radius 1 is 1.19 bits per heavy atom. The zero-order valence-corrected chi connectivity index (χ0v) is 16.2. The molecule has 27 heavy (non-hydrogen) atoms. The average Bonchev–Trinajstić information content (AvgIpc) is 3.10. The molecule has 1 aromatic heterocycles. The largest absolute Gasteiger partial charge is 0.493 e. The Labute approximate surface area is 158 Å². The molecule has 8 nitrogen and oxygen atoms in total. The lowest BCUT2D eigenvalue weighted by Crippen LogP contribution is -2.31. The van der Waals surface area contributed by atoms with Gasteiger partial charge in [0.2, 0.25) is 0 Å². The van der Waals surface area contributed by atoms with Crippen LogP contribution in [0.15, 0.2) is 30.5 Å². The van der Waals surface area contributed by atoms with Crippen molar-refractivity contribution in [3.8, 4) is 11.5 Å². The summed E-state index contributed by atoms with van der Waals surface area (Å²) in [6, 6.07) is 6.49. The van der Waals surface area contributed by atoms with Crippen molar-refractivity contribution < 1.29 is 23.8 Å². The molecular formula is C19H25N3O5. The Bertz CT molecular complexity index is 800. The summed E-state index contributed by atoms with van der Waals surface area (Å²) in [5.41, 5.74) is 0.266. The Kier molecular flexibility index (Phi) is 6.81. The van der Waals surface area contributed by atoms with Crippen LogP contribution in [0.3, 0.4) is 0 Å². The molecule has 0 fully saturated rings.